The average molecular weight is 368 g/mol. The smallest absolute Gasteiger partial charge is 0.256 e. The summed E-state index contributed by atoms with van der Waals surface area (Å²) in [4.78, 5) is 29.9. The summed E-state index contributed by atoms with van der Waals surface area (Å²) in [6.45, 7) is 0.824. The van der Waals surface area contributed by atoms with Crippen LogP contribution in [0.25, 0.3) is 10.9 Å². The van der Waals surface area contributed by atoms with Crippen LogP contribution in [-0.2, 0) is 16.3 Å². The van der Waals surface area contributed by atoms with Gasteiger partial charge in [-0.15, -0.1) is 0 Å². The molecular formula is C18H16N4O3S. The van der Waals surface area contributed by atoms with Crippen LogP contribution in [0.5, 0.6) is 0 Å². The predicted molar refractivity (Wildman–Crippen MR) is 97.8 cm³/mol. The van der Waals surface area contributed by atoms with Gasteiger partial charge in [-0.25, -0.2) is 0 Å². The average Bonchev–Trinajstić information content (AvgIpc) is 3.29. The Labute approximate surface area is 153 Å². The van der Waals surface area contributed by atoms with Gasteiger partial charge in [-0.2, -0.15) is 11.8 Å². The molecule has 0 bridgehead atoms. The molecule has 26 heavy (non-hydrogen) atoms. The lowest BCUT2D eigenvalue weighted by molar-refractivity contribution is -0.123. The van der Waals surface area contributed by atoms with E-state index in [2.05, 4.69) is 15.5 Å². The number of thioether (sulfide) groups is 1. The number of hydrogen-bond acceptors (Lipinski definition) is 5. The van der Waals surface area contributed by atoms with Crippen molar-refractivity contribution in [3.63, 3.8) is 0 Å². The molecule has 7 nitrogen and oxygen atoms in total. The molecule has 1 saturated heterocycles. The molecule has 3 aromatic rings. The van der Waals surface area contributed by atoms with E-state index >= 15 is 0 Å². The van der Waals surface area contributed by atoms with Crippen LogP contribution < -0.4 is 5.32 Å². The number of aromatic nitrogens is 2. The molecule has 0 aliphatic carbocycles. The second-order valence-electron chi connectivity index (χ2n) is 6.57. The van der Waals surface area contributed by atoms with Crippen LogP contribution in [0, 0.1) is 5.92 Å². The van der Waals surface area contributed by atoms with Crippen LogP contribution in [-0.4, -0.2) is 39.9 Å². The Morgan fingerprint density at radius 1 is 1.27 bits per heavy atom. The zero-order valence-corrected chi connectivity index (χ0v) is 14.6. The van der Waals surface area contributed by atoms with Gasteiger partial charge >= 0.3 is 0 Å². The van der Waals surface area contributed by atoms with Crippen LogP contribution >= 0.6 is 11.8 Å². The third-order valence-corrected chi connectivity index (χ3v) is 5.92. The van der Waals surface area contributed by atoms with Gasteiger partial charge in [-0.05, 0) is 6.07 Å². The topological polar surface area (TPSA) is 91.2 Å². The number of H-pyrrole nitrogens is 1. The number of nitrogens with one attached hydrogen (secondary N) is 2. The summed E-state index contributed by atoms with van der Waals surface area (Å²) in [6, 6.07) is 7.70. The SMILES string of the molecule is O=C(Nc1onc2c1CSC2)C1CN(C(=O)c2c[nH]c3ccccc23)C1. The molecule has 0 saturated carbocycles. The summed E-state index contributed by atoms with van der Waals surface area (Å²) in [5.74, 6) is 1.69. The van der Waals surface area contributed by atoms with Gasteiger partial charge in [0.05, 0.1) is 22.7 Å². The van der Waals surface area contributed by atoms with E-state index in [1.54, 1.807) is 22.9 Å². The summed E-state index contributed by atoms with van der Waals surface area (Å²) < 4.78 is 5.23. The number of para-hydroxylation sites is 1. The Balaban J connectivity index is 1.24. The van der Waals surface area contributed by atoms with Crippen molar-refractivity contribution in [2.45, 2.75) is 11.5 Å². The number of amides is 2. The van der Waals surface area contributed by atoms with Crippen molar-refractivity contribution in [3.05, 3.63) is 47.3 Å². The molecule has 1 aromatic carbocycles. The highest BCUT2D eigenvalue weighted by molar-refractivity contribution is 7.98. The normalized spacial score (nSPS) is 16.5. The summed E-state index contributed by atoms with van der Waals surface area (Å²) in [5.41, 5.74) is 3.47. The number of fused-ring (bicyclic) bond motifs is 2. The van der Waals surface area contributed by atoms with Crippen molar-refractivity contribution in [2.75, 3.05) is 18.4 Å². The van der Waals surface area contributed by atoms with E-state index in [0.717, 1.165) is 33.7 Å². The first-order valence-corrected chi connectivity index (χ1v) is 9.57. The maximum absolute atomic E-state index is 12.7. The first-order chi connectivity index (χ1) is 12.7. The van der Waals surface area contributed by atoms with Gasteiger partial charge in [-0.3, -0.25) is 14.9 Å². The van der Waals surface area contributed by atoms with E-state index < -0.39 is 0 Å². The molecule has 4 heterocycles. The number of benzene rings is 1. The zero-order valence-electron chi connectivity index (χ0n) is 13.8. The Kier molecular flexibility index (Phi) is 3.53. The molecule has 2 aliphatic rings. The Morgan fingerprint density at radius 3 is 3.00 bits per heavy atom. The fourth-order valence-electron chi connectivity index (χ4n) is 3.40. The number of nitrogens with zero attached hydrogens (tertiary/aromatic N) is 2. The van der Waals surface area contributed by atoms with Crippen LogP contribution in [0.2, 0.25) is 0 Å². The Hall–Kier alpha value is -2.74. The zero-order chi connectivity index (χ0) is 17.7. The van der Waals surface area contributed by atoms with Gasteiger partial charge in [-0.1, -0.05) is 23.4 Å². The van der Waals surface area contributed by atoms with E-state index in [0.29, 0.717) is 24.5 Å². The van der Waals surface area contributed by atoms with E-state index in [9.17, 15) is 9.59 Å². The molecule has 0 atom stereocenters. The minimum atomic E-state index is -0.223. The number of carbonyl (C=O) groups is 2. The van der Waals surface area contributed by atoms with Crippen LogP contribution in [0.3, 0.4) is 0 Å². The minimum Gasteiger partial charge on any atom is -0.360 e. The van der Waals surface area contributed by atoms with E-state index in [-0.39, 0.29) is 17.7 Å². The van der Waals surface area contributed by atoms with Crippen molar-refractivity contribution in [3.8, 4) is 0 Å². The quantitative estimate of drug-likeness (QED) is 0.742. The summed E-state index contributed by atoms with van der Waals surface area (Å²) in [7, 11) is 0. The molecule has 2 amide bonds. The molecule has 8 heteroatoms. The maximum atomic E-state index is 12.7. The highest BCUT2D eigenvalue weighted by Crippen LogP contribution is 2.35. The fraction of sp³-hybridized carbons (Fsp3) is 0.278. The van der Waals surface area contributed by atoms with Gasteiger partial charge in [0.15, 0.2) is 0 Å². The van der Waals surface area contributed by atoms with Gasteiger partial charge in [0.2, 0.25) is 11.8 Å². The van der Waals surface area contributed by atoms with E-state index in [4.69, 9.17) is 4.52 Å². The molecule has 0 radical (unpaired) electrons. The highest BCUT2D eigenvalue weighted by Gasteiger charge is 2.37. The molecule has 2 N–H and O–H groups in total. The van der Waals surface area contributed by atoms with Gasteiger partial charge in [0.25, 0.3) is 5.91 Å². The first kappa shape index (κ1) is 15.5. The van der Waals surface area contributed by atoms with E-state index in [1.807, 2.05) is 24.3 Å². The molecule has 0 spiro atoms. The number of aromatic amines is 1. The molecule has 1 fully saturated rings. The number of likely N-dealkylation sites (tertiary alicyclic amines) is 1. The third kappa shape index (κ3) is 2.40. The Bertz CT molecular complexity index is 1020. The predicted octanol–water partition coefficient (Wildman–Crippen LogP) is 2.61. The number of anilines is 1. The third-order valence-electron chi connectivity index (χ3n) is 4.95. The first-order valence-electron chi connectivity index (χ1n) is 8.42. The van der Waals surface area contributed by atoms with Gasteiger partial charge in [0, 0.05) is 41.7 Å². The lowest BCUT2D eigenvalue weighted by Crippen LogP contribution is -2.54. The lowest BCUT2D eigenvalue weighted by atomic mass is 9.97. The second kappa shape index (κ2) is 5.91. The number of hydrogen-bond donors (Lipinski definition) is 2. The molecule has 132 valence electrons. The van der Waals surface area contributed by atoms with Crippen molar-refractivity contribution in [1.82, 2.24) is 15.0 Å². The van der Waals surface area contributed by atoms with E-state index in [1.165, 1.54) is 0 Å². The molecular weight excluding hydrogens is 352 g/mol. The standard InChI is InChI=1S/C18H16N4O3S/c23-16(20-17-13-8-26-9-15(13)21-25-17)10-6-22(7-10)18(24)12-5-19-14-4-2-1-3-11(12)14/h1-5,10,19H,6-9H2,(H,20,23). The summed E-state index contributed by atoms with van der Waals surface area (Å²) >= 11 is 1.75. The van der Waals surface area contributed by atoms with Crippen molar-refractivity contribution >= 4 is 40.4 Å². The fourth-order valence-corrected chi connectivity index (χ4v) is 4.42. The Morgan fingerprint density at radius 2 is 2.12 bits per heavy atom. The monoisotopic (exact) mass is 368 g/mol. The molecule has 0 unspecified atom stereocenters. The summed E-state index contributed by atoms with van der Waals surface area (Å²) in [5, 5.41) is 7.71. The van der Waals surface area contributed by atoms with Gasteiger partial charge < -0.3 is 14.4 Å². The number of rotatable bonds is 3. The minimum absolute atomic E-state index is 0.0524. The van der Waals surface area contributed by atoms with Gasteiger partial charge in [0.1, 0.15) is 0 Å². The molecule has 2 aliphatic heterocycles. The molecule has 5 rings (SSSR count). The van der Waals surface area contributed by atoms with Crippen molar-refractivity contribution in [1.29, 1.82) is 0 Å². The number of carbonyl (C=O) groups excluding carboxylic acids is 2. The maximum Gasteiger partial charge on any atom is 0.256 e. The largest absolute Gasteiger partial charge is 0.360 e. The highest BCUT2D eigenvalue weighted by atomic mass is 32.2. The van der Waals surface area contributed by atoms with Crippen LogP contribution in [0.1, 0.15) is 21.6 Å². The van der Waals surface area contributed by atoms with Crippen molar-refractivity contribution in [2.24, 2.45) is 5.92 Å². The molecule has 2 aromatic heterocycles. The van der Waals surface area contributed by atoms with Crippen molar-refractivity contribution < 1.29 is 14.1 Å². The van der Waals surface area contributed by atoms with Crippen LogP contribution in [0.4, 0.5) is 5.88 Å². The summed E-state index contributed by atoms with van der Waals surface area (Å²) in [6.07, 6.45) is 1.73. The second-order valence-corrected chi connectivity index (χ2v) is 7.56. The van der Waals surface area contributed by atoms with Crippen LogP contribution in [0.15, 0.2) is 35.0 Å². The lowest BCUT2D eigenvalue weighted by Gasteiger charge is -2.37.